The Kier molecular flexibility index (Phi) is 6.02. The molecule has 5 nitrogen and oxygen atoms in total. The molecule has 1 N–H and O–H groups in total. The summed E-state index contributed by atoms with van der Waals surface area (Å²) >= 11 is 4.48. The van der Waals surface area contributed by atoms with Gasteiger partial charge in [-0.3, -0.25) is 10.2 Å². The molecule has 0 atom stereocenters. The van der Waals surface area contributed by atoms with Crippen LogP contribution in [0.15, 0.2) is 33.2 Å². The number of ether oxygens (including phenoxy) is 1. The molecule has 2 rings (SSSR count). The van der Waals surface area contributed by atoms with Gasteiger partial charge in [0.25, 0.3) is 0 Å². The van der Waals surface area contributed by atoms with Crippen LogP contribution in [-0.4, -0.2) is 23.8 Å². The van der Waals surface area contributed by atoms with Crippen LogP contribution in [0.4, 0.5) is 9.52 Å². The second kappa shape index (κ2) is 8.00. The summed E-state index contributed by atoms with van der Waals surface area (Å²) in [7, 11) is 0. The second-order valence-corrected chi connectivity index (χ2v) is 5.79. The Morgan fingerprint density at radius 1 is 1.59 bits per heavy atom. The Hall–Kier alpha value is -1.80. The number of thiazole rings is 1. The van der Waals surface area contributed by atoms with E-state index in [1.165, 1.54) is 23.6 Å². The lowest BCUT2D eigenvalue weighted by Gasteiger charge is -1.99. The van der Waals surface area contributed by atoms with Gasteiger partial charge in [-0.15, -0.1) is 11.3 Å². The Bertz CT molecular complexity index is 690. The average Bonchev–Trinajstić information content (AvgIpc) is 2.91. The molecule has 1 heterocycles. The molecule has 0 saturated heterocycles. The summed E-state index contributed by atoms with van der Waals surface area (Å²) in [6.07, 6.45) is 1.62. The van der Waals surface area contributed by atoms with E-state index in [4.69, 9.17) is 4.74 Å². The molecule has 0 unspecified atom stereocenters. The Labute approximate surface area is 139 Å². The first-order valence-corrected chi connectivity index (χ1v) is 8.10. The van der Waals surface area contributed by atoms with Gasteiger partial charge in [0.05, 0.1) is 29.4 Å². The van der Waals surface area contributed by atoms with Crippen molar-refractivity contribution in [2.24, 2.45) is 5.10 Å². The van der Waals surface area contributed by atoms with Crippen molar-refractivity contribution < 1.29 is 13.9 Å². The van der Waals surface area contributed by atoms with Gasteiger partial charge < -0.3 is 4.74 Å². The second-order valence-electron chi connectivity index (χ2n) is 4.14. The molecule has 1 aromatic carbocycles. The molecule has 116 valence electrons. The summed E-state index contributed by atoms with van der Waals surface area (Å²) in [6.45, 7) is 2.10. The van der Waals surface area contributed by atoms with Gasteiger partial charge in [-0.1, -0.05) is 12.1 Å². The highest BCUT2D eigenvalue weighted by Gasteiger charge is 2.08. The standard InChI is InChI=1S/C14H13BrFN3O2S/c1-2-21-12(20)6-10-8-22-14(18-10)19-17-7-9-4-3-5-11(16)13(9)15/h3-5,7-8H,2,6H2,1H3,(H,18,19). The van der Waals surface area contributed by atoms with Gasteiger partial charge >= 0.3 is 5.97 Å². The number of halogens is 2. The lowest BCUT2D eigenvalue weighted by molar-refractivity contribution is -0.142. The van der Waals surface area contributed by atoms with E-state index in [1.54, 1.807) is 24.4 Å². The van der Waals surface area contributed by atoms with Crippen molar-refractivity contribution in [2.75, 3.05) is 12.0 Å². The lowest BCUT2D eigenvalue weighted by atomic mass is 10.2. The average molecular weight is 386 g/mol. The quantitative estimate of drug-likeness (QED) is 0.468. The molecule has 1 aromatic heterocycles. The Balaban J connectivity index is 1.94. The van der Waals surface area contributed by atoms with Crippen molar-refractivity contribution in [3.05, 3.63) is 45.1 Å². The first-order chi connectivity index (χ1) is 10.6. The van der Waals surface area contributed by atoms with E-state index in [-0.39, 0.29) is 18.2 Å². The molecule has 8 heteroatoms. The van der Waals surface area contributed by atoms with E-state index in [0.717, 1.165) is 0 Å². The topological polar surface area (TPSA) is 63.6 Å². The van der Waals surface area contributed by atoms with Crippen molar-refractivity contribution in [3.8, 4) is 0 Å². The Morgan fingerprint density at radius 2 is 2.41 bits per heavy atom. The van der Waals surface area contributed by atoms with Gasteiger partial charge in [0.15, 0.2) is 0 Å². The third-order valence-electron chi connectivity index (χ3n) is 2.53. The van der Waals surface area contributed by atoms with Crippen LogP contribution in [0.1, 0.15) is 18.2 Å². The van der Waals surface area contributed by atoms with E-state index >= 15 is 0 Å². The lowest BCUT2D eigenvalue weighted by Crippen LogP contribution is -2.07. The molecule has 2 aromatic rings. The van der Waals surface area contributed by atoms with E-state index in [1.807, 2.05) is 0 Å². The summed E-state index contributed by atoms with van der Waals surface area (Å²) in [5, 5.41) is 6.30. The van der Waals surface area contributed by atoms with Crippen LogP contribution in [0.3, 0.4) is 0 Å². The van der Waals surface area contributed by atoms with Crippen LogP contribution >= 0.6 is 27.3 Å². The van der Waals surface area contributed by atoms with Gasteiger partial charge in [0.2, 0.25) is 5.13 Å². The molecule has 0 fully saturated rings. The monoisotopic (exact) mass is 385 g/mol. The SMILES string of the molecule is CCOC(=O)Cc1csc(NN=Cc2cccc(F)c2Br)n1. The molecule has 0 amide bonds. The third-order valence-corrected chi connectivity index (χ3v) is 4.16. The van der Waals surface area contributed by atoms with Crippen molar-refractivity contribution in [1.82, 2.24) is 4.98 Å². The Morgan fingerprint density at radius 3 is 3.18 bits per heavy atom. The van der Waals surface area contributed by atoms with E-state index < -0.39 is 0 Å². The molecule has 0 aliphatic carbocycles. The van der Waals surface area contributed by atoms with Crippen LogP contribution < -0.4 is 5.43 Å². The summed E-state index contributed by atoms with van der Waals surface area (Å²) in [6, 6.07) is 4.69. The minimum Gasteiger partial charge on any atom is -0.466 e. The smallest absolute Gasteiger partial charge is 0.311 e. The normalized spacial score (nSPS) is 10.9. The minimum absolute atomic E-state index is 0.130. The molecule has 0 radical (unpaired) electrons. The number of rotatable bonds is 6. The summed E-state index contributed by atoms with van der Waals surface area (Å²) in [5.41, 5.74) is 3.97. The zero-order valence-electron chi connectivity index (χ0n) is 11.7. The fourth-order valence-corrected chi connectivity index (χ4v) is 2.60. The predicted octanol–water partition coefficient (Wildman–Crippen LogP) is 3.60. The highest BCUT2D eigenvalue weighted by Crippen LogP contribution is 2.19. The summed E-state index contributed by atoms with van der Waals surface area (Å²) < 4.78 is 18.5. The maximum absolute atomic E-state index is 13.3. The van der Waals surface area contributed by atoms with Gasteiger partial charge in [0, 0.05) is 10.9 Å². The van der Waals surface area contributed by atoms with Crippen LogP contribution in [0.25, 0.3) is 0 Å². The molecule has 0 bridgehead atoms. The molecule has 0 aliphatic rings. The molecule has 0 spiro atoms. The molecular formula is C14H13BrFN3O2S. The maximum atomic E-state index is 13.3. The number of nitrogens with one attached hydrogen (secondary N) is 1. The zero-order chi connectivity index (χ0) is 15.9. The number of benzene rings is 1. The molecule has 22 heavy (non-hydrogen) atoms. The summed E-state index contributed by atoms with van der Waals surface area (Å²) in [5.74, 6) is -0.665. The van der Waals surface area contributed by atoms with Crippen LogP contribution in [-0.2, 0) is 16.0 Å². The number of carbonyl (C=O) groups is 1. The van der Waals surface area contributed by atoms with Crippen molar-refractivity contribution in [3.63, 3.8) is 0 Å². The number of aromatic nitrogens is 1. The van der Waals surface area contributed by atoms with Gasteiger partial charge in [-0.2, -0.15) is 5.10 Å². The van der Waals surface area contributed by atoms with Crippen molar-refractivity contribution in [2.45, 2.75) is 13.3 Å². The highest BCUT2D eigenvalue weighted by molar-refractivity contribution is 9.10. The highest BCUT2D eigenvalue weighted by atomic mass is 79.9. The predicted molar refractivity (Wildman–Crippen MR) is 87.8 cm³/mol. The largest absolute Gasteiger partial charge is 0.466 e. The zero-order valence-corrected chi connectivity index (χ0v) is 14.1. The van der Waals surface area contributed by atoms with Gasteiger partial charge in [-0.05, 0) is 28.9 Å². The van der Waals surface area contributed by atoms with E-state index in [9.17, 15) is 9.18 Å². The molecular weight excluding hydrogens is 373 g/mol. The van der Waals surface area contributed by atoms with Crippen molar-refractivity contribution in [1.29, 1.82) is 0 Å². The number of nitrogens with zero attached hydrogens (tertiary/aromatic N) is 2. The number of hydrazone groups is 1. The van der Waals surface area contributed by atoms with Gasteiger partial charge in [0.1, 0.15) is 5.82 Å². The number of hydrogen-bond donors (Lipinski definition) is 1. The number of esters is 1. The number of anilines is 1. The first-order valence-electron chi connectivity index (χ1n) is 6.43. The third kappa shape index (κ3) is 4.60. The van der Waals surface area contributed by atoms with Crippen LogP contribution in [0, 0.1) is 5.82 Å². The summed E-state index contributed by atoms with van der Waals surface area (Å²) in [4.78, 5) is 15.6. The fraction of sp³-hybridized carbons (Fsp3) is 0.214. The van der Waals surface area contributed by atoms with Gasteiger partial charge in [-0.25, -0.2) is 9.37 Å². The van der Waals surface area contributed by atoms with Crippen LogP contribution in [0.5, 0.6) is 0 Å². The first kappa shape index (κ1) is 16.6. The van der Waals surface area contributed by atoms with Crippen molar-refractivity contribution >= 4 is 44.6 Å². The number of carbonyl (C=O) groups excluding carboxylic acids is 1. The van der Waals surface area contributed by atoms with E-state index in [2.05, 4.69) is 31.4 Å². The number of hydrogen-bond acceptors (Lipinski definition) is 6. The van der Waals surface area contributed by atoms with Crippen LogP contribution in [0.2, 0.25) is 0 Å². The fourth-order valence-electron chi connectivity index (χ4n) is 1.58. The van der Waals surface area contributed by atoms with E-state index in [0.29, 0.717) is 27.5 Å². The minimum atomic E-state index is -0.352. The maximum Gasteiger partial charge on any atom is 0.311 e. The molecule has 0 aliphatic heterocycles. The molecule has 0 saturated carbocycles.